The number of hydrogen-bond acceptors (Lipinski definition) is 5. The standard InChI is InChI=1S/C15H13F3N2O4S/c1-7-8-2-3-9(15(16,17)18)19-12(8)25-10(7)11(21)20-14(13(22)23)4-5-24-6-14/h2-3H,4-6H2,1H3,(H,20,21)(H,22,23). The van der Waals surface area contributed by atoms with Crippen molar-refractivity contribution in [2.45, 2.75) is 25.1 Å². The van der Waals surface area contributed by atoms with Gasteiger partial charge in [0, 0.05) is 18.4 Å². The molecule has 0 aromatic carbocycles. The Labute approximate surface area is 143 Å². The molecule has 2 N–H and O–H groups in total. The number of halogens is 3. The molecule has 10 heteroatoms. The summed E-state index contributed by atoms with van der Waals surface area (Å²) in [5, 5.41) is 12.2. The van der Waals surface area contributed by atoms with Crippen molar-refractivity contribution in [1.29, 1.82) is 0 Å². The summed E-state index contributed by atoms with van der Waals surface area (Å²) >= 11 is 0.799. The molecule has 1 aliphatic rings. The average Bonchev–Trinajstić information content (AvgIpc) is 3.12. The highest BCUT2D eigenvalue weighted by Crippen LogP contribution is 2.34. The second kappa shape index (κ2) is 5.95. The number of aryl methyl sites for hydroxylation is 1. The second-order valence-electron chi connectivity index (χ2n) is 5.75. The van der Waals surface area contributed by atoms with Gasteiger partial charge in [-0.15, -0.1) is 11.3 Å². The normalized spacial score (nSPS) is 20.8. The quantitative estimate of drug-likeness (QED) is 0.862. The number of hydrogen-bond donors (Lipinski definition) is 2. The lowest BCUT2D eigenvalue weighted by molar-refractivity contribution is -0.144. The molecule has 1 saturated heterocycles. The van der Waals surface area contributed by atoms with E-state index in [1.54, 1.807) is 6.92 Å². The van der Waals surface area contributed by atoms with Crippen LogP contribution in [0.2, 0.25) is 0 Å². The monoisotopic (exact) mass is 374 g/mol. The fourth-order valence-electron chi connectivity index (χ4n) is 2.63. The van der Waals surface area contributed by atoms with Crippen molar-refractivity contribution in [3.05, 3.63) is 28.3 Å². The number of carbonyl (C=O) groups excluding carboxylic acids is 1. The smallest absolute Gasteiger partial charge is 0.433 e. The molecule has 1 aliphatic heterocycles. The zero-order chi connectivity index (χ0) is 18.4. The summed E-state index contributed by atoms with van der Waals surface area (Å²) in [5.41, 5.74) is -2.11. The molecular formula is C15H13F3N2O4S. The van der Waals surface area contributed by atoms with Gasteiger partial charge in [0.05, 0.1) is 11.5 Å². The van der Waals surface area contributed by atoms with E-state index in [1.807, 2.05) is 0 Å². The molecule has 0 bridgehead atoms. The third kappa shape index (κ3) is 3.07. The Morgan fingerprint density at radius 2 is 2.12 bits per heavy atom. The van der Waals surface area contributed by atoms with Gasteiger partial charge in [-0.3, -0.25) is 4.79 Å². The molecule has 6 nitrogen and oxygen atoms in total. The second-order valence-corrected chi connectivity index (χ2v) is 6.75. The molecule has 134 valence electrons. The van der Waals surface area contributed by atoms with Gasteiger partial charge in [0.1, 0.15) is 10.5 Å². The number of alkyl halides is 3. The predicted molar refractivity (Wildman–Crippen MR) is 82.6 cm³/mol. The summed E-state index contributed by atoms with van der Waals surface area (Å²) in [6, 6.07) is 2.12. The van der Waals surface area contributed by atoms with E-state index in [2.05, 4.69) is 10.3 Å². The maximum absolute atomic E-state index is 12.8. The number of thiophene rings is 1. The van der Waals surface area contributed by atoms with Crippen LogP contribution in [0.15, 0.2) is 12.1 Å². The summed E-state index contributed by atoms with van der Waals surface area (Å²) < 4.78 is 43.4. The van der Waals surface area contributed by atoms with Crippen LogP contribution in [-0.2, 0) is 15.7 Å². The number of aromatic nitrogens is 1. The van der Waals surface area contributed by atoms with Crippen LogP contribution in [0.4, 0.5) is 13.2 Å². The van der Waals surface area contributed by atoms with Crippen molar-refractivity contribution in [3.63, 3.8) is 0 Å². The highest BCUT2D eigenvalue weighted by atomic mass is 32.1. The molecule has 25 heavy (non-hydrogen) atoms. The van der Waals surface area contributed by atoms with Gasteiger partial charge in [-0.1, -0.05) is 0 Å². The first-order valence-electron chi connectivity index (χ1n) is 7.25. The Bertz CT molecular complexity index is 856. The highest BCUT2D eigenvalue weighted by molar-refractivity contribution is 7.20. The zero-order valence-corrected chi connectivity index (χ0v) is 13.8. The van der Waals surface area contributed by atoms with E-state index in [4.69, 9.17) is 4.74 Å². The maximum Gasteiger partial charge on any atom is 0.433 e. The summed E-state index contributed by atoms with van der Waals surface area (Å²) in [7, 11) is 0. The van der Waals surface area contributed by atoms with Crippen LogP contribution < -0.4 is 5.32 Å². The van der Waals surface area contributed by atoms with Crippen LogP contribution >= 0.6 is 11.3 Å². The molecule has 0 radical (unpaired) electrons. The van der Waals surface area contributed by atoms with Gasteiger partial charge in [-0.05, 0) is 24.6 Å². The van der Waals surface area contributed by atoms with Crippen LogP contribution in [0.1, 0.15) is 27.3 Å². The molecule has 0 aliphatic carbocycles. The molecule has 0 spiro atoms. The van der Waals surface area contributed by atoms with E-state index in [1.165, 1.54) is 6.07 Å². The highest BCUT2D eigenvalue weighted by Gasteiger charge is 2.44. The van der Waals surface area contributed by atoms with Gasteiger partial charge in [0.2, 0.25) is 0 Å². The first kappa shape index (κ1) is 17.6. The Hall–Kier alpha value is -2.20. The van der Waals surface area contributed by atoms with Crippen LogP contribution in [0.3, 0.4) is 0 Å². The number of amides is 1. The lowest BCUT2D eigenvalue weighted by Crippen LogP contribution is -2.55. The first-order chi connectivity index (χ1) is 11.6. The Kier molecular flexibility index (Phi) is 4.20. The van der Waals surface area contributed by atoms with Crippen LogP contribution in [0.25, 0.3) is 10.2 Å². The molecule has 1 atom stereocenters. The summed E-state index contributed by atoms with van der Waals surface area (Å²) in [5.74, 6) is -1.88. The fourth-order valence-corrected chi connectivity index (χ4v) is 3.71. The summed E-state index contributed by atoms with van der Waals surface area (Å²) in [4.78, 5) is 27.8. The minimum atomic E-state index is -4.58. The SMILES string of the molecule is Cc1c(C(=O)NC2(C(=O)O)CCOC2)sc2nc(C(F)(F)F)ccc12. The van der Waals surface area contributed by atoms with Crippen LogP contribution in [0, 0.1) is 6.92 Å². The first-order valence-corrected chi connectivity index (χ1v) is 8.07. The van der Waals surface area contributed by atoms with E-state index in [-0.39, 0.29) is 29.3 Å². The number of carboxylic acids is 1. The lowest BCUT2D eigenvalue weighted by atomic mass is 9.98. The number of pyridine rings is 1. The van der Waals surface area contributed by atoms with E-state index >= 15 is 0 Å². The fraction of sp³-hybridized carbons (Fsp3) is 0.400. The van der Waals surface area contributed by atoms with E-state index < -0.39 is 29.3 Å². The van der Waals surface area contributed by atoms with Crippen molar-refractivity contribution in [1.82, 2.24) is 10.3 Å². The minimum Gasteiger partial charge on any atom is -0.479 e. The minimum absolute atomic E-state index is 0.0736. The van der Waals surface area contributed by atoms with E-state index in [0.717, 1.165) is 17.4 Å². The van der Waals surface area contributed by atoms with Gasteiger partial charge in [-0.2, -0.15) is 13.2 Å². The van der Waals surface area contributed by atoms with Gasteiger partial charge in [0.25, 0.3) is 5.91 Å². The average molecular weight is 374 g/mol. The molecule has 0 saturated carbocycles. The van der Waals surface area contributed by atoms with Crippen molar-refractivity contribution in [2.75, 3.05) is 13.2 Å². The third-order valence-corrected chi connectivity index (χ3v) is 5.28. The van der Waals surface area contributed by atoms with Crippen molar-refractivity contribution < 1.29 is 32.6 Å². The maximum atomic E-state index is 12.8. The molecule has 2 aromatic heterocycles. The molecule has 3 rings (SSSR count). The largest absolute Gasteiger partial charge is 0.479 e. The molecule has 1 amide bonds. The lowest BCUT2D eigenvalue weighted by Gasteiger charge is -2.23. The number of nitrogens with one attached hydrogen (secondary N) is 1. The topological polar surface area (TPSA) is 88.5 Å². The number of nitrogens with zero attached hydrogens (tertiary/aromatic N) is 1. The Morgan fingerprint density at radius 1 is 1.40 bits per heavy atom. The number of fused-ring (bicyclic) bond motifs is 1. The summed E-state index contributed by atoms with van der Waals surface area (Å²) in [6.07, 6.45) is -4.46. The number of carboxylic acid groups (broad SMARTS) is 1. The third-order valence-electron chi connectivity index (χ3n) is 4.08. The number of aliphatic carboxylic acids is 1. The van der Waals surface area contributed by atoms with Gasteiger partial charge in [0.15, 0.2) is 5.54 Å². The molecule has 1 fully saturated rings. The molecular weight excluding hydrogens is 361 g/mol. The van der Waals surface area contributed by atoms with Gasteiger partial charge < -0.3 is 15.2 Å². The van der Waals surface area contributed by atoms with E-state index in [9.17, 15) is 27.9 Å². The van der Waals surface area contributed by atoms with E-state index in [0.29, 0.717) is 10.9 Å². The van der Waals surface area contributed by atoms with Crippen molar-refractivity contribution >= 4 is 33.4 Å². The van der Waals surface area contributed by atoms with Crippen molar-refractivity contribution in [2.24, 2.45) is 0 Å². The molecule has 3 heterocycles. The Balaban J connectivity index is 1.96. The number of rotatable bonds is 3. The van der Waals surface area contributed by atoms with Gasteiger partial charge in [-0.25, -0.2) is 9.78 Å². The summed E-state index contributed by atoms with van der Waals surface area (Å²) in [6.45, 7) is 1.63. The van der Waals surface area contributed by atoms with Crippen LogP contribution in [-0.4, -0.2) is 40.7 Å². The Morgan fingerprint density at radius 3 is 2.68 bits per heavy atom. The molecule has 2 aromatic rings. The predicted octanol–water partition coefficient (Wildman–Crippen LogP) is 2.60. The zero-order valence-electron chi connectivity index (χ0n) is 12.9. The number of carbonyl (C=O) groups is 2. The van der Waals surface area contributed by atoms with Crippen LogP contribution in [0.5, 0.6) is 0 Å². The van der Waals surface area contributed by atoms with Gasteiger partial charge >= 0.3 is 12.1 Å². The molecule has 1 unspecified atom stereocenters. The number of ether oxygens (including phenoxy) is 1. The van der Waals surface area contributed by atoms with Crippen molar-refractivity contribution in [3.8, 4) is 0 Å².